The minimum absolute atomic E-state index is 0. The molecule has 92 heavy (non-hydrogen) atoms. The molecule has 507 valence electrons. The minimum Gasteiger partial charge on any atom is -0.756 e. The zero-order valence-corrected chi connectivity index (χ0v) is 56.4. The zero-order valence-electron chi connectivity index (χ0n) is 54.5. The fourth-order valence-electron chi connectivity index (χ4n) is 15.3. The van der Waals surface area contributed by atoms with Gasteiger partial charge in [0.2, 0.25) is 41.4 Å². The summed E-state index contributed by atoms with van der Waals surface area (Å²) in [6, 6.07) is 2.65. The number of benzene rings is 1. The summed E-state index contributed by atoms with van der Waals surface area (Å²) in [5.41, 5.74) is 36.7. The third-order valence-corrected chi connectivity index (χ3v) is 21.6. The third-order valence-electron chi connectivity index (χ3n) is 20.5. The number of aliphatic hydroxyl groups is 2. The summed E-state index contributed by atoms with van der Waals surface area (Å²) in [5, 5.41) is 30.1. The number of aliphatic hydroxyl groups excluding tert-OH is 2. The van der Waals surface area contributed by atoms with Crippen LogP contribution in [-0.2, 0) is 68.7 Å². The van der Waals surface area contributed by atoms with Crippen LogP contribution in [0.1, 0.15) is 150 Å². The SMILES string of the molecule is C/C1=C2/N=C(C=C3N=C(/C(C)=C4\[N-]C(C(CC(N)=O)C4(C)CCC(=O)NCC(C)OP(=O)([O-])OC4C(CO)OC(n5cnc6cc(C)c(C)cc65)C4O)C4(C)N=C1C(CCC(N)=O)C4(C)CC(N)=O)C(CCC(N)=O)C3(C)C)C(CCC(N)=O)C2(C)CC(N)=O.[CH3-].[Co+2]. The summed E-state index contributed by atoms with van der Waals surface area (Å²) in [4.78, 5) is 128. The fourth-order valence-corrected chi connectivity index (χ4v) is 16.4. The van der Waals surface area contributed by atoms with Crippen LogP contribution in [0.5, 0.6) is 0 Å². The Bertz CT molecular complexity index is 3540. The molecule has 2 saturated heterocycles. The van der Waals surface area contributed by atoms with Crippen molar-refractivity contribution in [3.05, 3.63) is 76.6 Å². The Kier molecular flexibility index (Phi) is 22.6. The number of aryl methyl sites for hydroxylation is 2. The first kappa shape index (κ1) is 74.5. The maximum atomic E-state index is 14.4. The monoisotopic (exact) mass is 1340 g/mol. The van der Waals surface area contributed by atoms with E-state index in [1.165, 1.54) is 17.8 Å². The van der Waals surface area contributed by atoms with Crippen molar-refractivity contribution in [2.24, 2.45) is 94.7 Å². The molecule has 15 atom stereocenters. The quantitative estimate of drug-likeness (QED) is 0.0478. The molecule has 15 N–H and O–H groups in total. The van der Waals surface area contributed by atoms with E-state index in [1.807, 2.05) is 80.5 Å². The summed E-state index contributed by atoms with van der Waals surface area (Å²) in [5.74, 6) is -7.40. The van der Waals surface area contributed by atoms with Crippen LogP contribution in [0.25, 0.3) is 16.4 Å². The van der Waals surface area contributed by atoms with Gasteiger partial charge in [0, 0.05) is 108 Å². The van der Waals surface area contributed by atoms with Crippen molar-refractivity contribution in [1.82, 2.24) is 14.9 Å². The number of hydrogen-bond donors (Lipinski definition) is 9. The smallest absolute Gasteiger partial charge is 0.756 e. The number of rotatable bonds is 26. The minimum atomic E-state index is -5.32. The van der Waals surface area contributed by atoms with Gasteiger partial charge < -0.3 is 85.9 Å². The molecule has 2 aromatic rings. The van der Waals surface area contributed by atoms with Crippen molar-refractivity contribution >= 4 is 77.3 Å². The normalized spacial score (nSPS) is 32.9. The number of nitrogens with one attached hydrogen (secondary N) is 1. The van der Waals surface area contributed by atoms with Crippen molar-refractivity contribution < 1.29 is 83.8 Å². The van der Waals surface area contributed by atoms with Crippen molar-refractivity contribution in [3.63, 3.8) is 0 Å². The zero-order chi connectivity index (χ0) is 66.7. The molecule has 1 radical (unpaired) electrons. The number of imidazole rings is 1. The van der Waals surface area contributed by atoms with E-state index in [9.17, 15) is 53.2 Å². The summed E-state index contributed by atoms with van der Waals surface area (Å²) < 4.78 is 31.9. The second kappa shape index (κ2) is 27.8. The van der Waals surface area contributed by atoms with Gasteiger partial charge in [-0.05, 0) is 119 Å². The van der Waals surface area contributed by atoms with E-state index in [1.54, 1.807) is 6.92 Å². The Morgan fingerprint density at radius 2 is 1.38 bits per heavy atom. The number of primary amides is 6. The number of carbonyl (C=O) groups is 7. The van der Waals surface area contributed by atoms with Crippen LogP contribution in [0, 0.1) is 66.6 Å². The van der Waals surface area contributed by atoms with Gasteiger partial charge >= 0.3 is 16.8 Å². The van der Waals surface area contributed by atoms with Gasteiger partial charge in [0.05, 0.1) is 41.3 Å². The molecule has 1 aromatic heterocycles. The maximum Gasteiger partial charge on any atom is 2.00 e. The number of amides is 7. The van der Waals surface area contributed by atoms with Gasteiger partial charge in [0.25, 0.3) is 7.82 Å². The third kappa shape index (κ3) is 14.1. The number of allylic oxidation sites excluding steroid dienone is 6. The summed E-state index contributed by atoms with van der Waals surface area (Å²) in [7, 11) is -5.32. The van der Waals surface area contributed by atoms with Crippen LogP contribution >= 0.6 is 7.82 Å². The van der Waals surface area contributed by atoms with Crippen molar-refractivity contribution in [1.29, 1.82) is 0 Å². The average Bonchev–Trinajstić information content (AvgIpc) is 1.53. The Hall–Kier alpha value is -6.49. The number of nitrogens with two attached hydrogens (primary N) is 6. The number of phosphoric acid groups is 1. The van der Waals surface area contributed by atoms with E-state index < -0.39 is 143 Å². The first-order valence-corrected chi connectivity index (χ1v) is 32.0. The maximum absolute atomic E-state index is 14.4. The predicted molar refractivity (Wildman–Crippen MR) is 338 cm³/mol. The van der Waals surface area contributed by atoms with E-state index in [2.05, 4.69) is 10.3 Å². The van der Waals surface area contributed by atoms with Gasteiger partial charge in [0.15, 0.2) is 6.23 Å². The molecular formula is C63H91CoN13O14P-. The standard InChI is InChI=1S/C62H90N13O14P.CH3.Co/c1-29-20-39-40(21-30(29)2)75(28-70-39)57-52(84)53(41(27-76)87-57)89-90(85,86)88-31(3)26-69-49(83)18-19-59(8)37(22-46(66)80)56-62(11)61(10,25-48(68)82)36(14-17-45(65)79)51(74-62)33(5)55-60(9,24-47(67)81)34(12-15-43(63)77)38(71-55)23-42-58(6,7)35(13-16-44(64)78)50(72-42)32(4)54(59)73-56;;/h20-21,23,28,31,34-37,41,52-53,56-57,76,84H,12-19,22,24-27H2,1-11H3,(H15,63,64,65,66,67,68,69,71,72,73,74,77,78,79,80,81,82,83,85,86);1H3;/q;-1;+2/p-2. The number of aromatic nitrogens is 2. The van der Waals surface area contributed by atoms with Crippen LogP contribution in [0.4, 0.5) is 0 Å². The molecule has 6 aliphatic rings. The molecule has 29 heteroatoms. The Balaban J connectivity index is 0.00000672. The van der Waals surface area contributed by atoms with Gasteiger partial charge in [-0.2, -0.15) is 5.70 Å². The van der Waals surface area contributed by atoms with Crippen LogP contribution in [0.2, 0.25) is 0 Å². The number of nitrogens with zero attached hydrogens (tertiary/aromatic N) is 6. The van der Waals surface area contributed by atoms with Crippen LogP contribution in [0.15, 0.2) is 67.8 Å². The molecular weight excluding hydrogens is 1250 g/mol. The number of fused-ring (bicyclic) bond motifs is 7. The molecule has 0 saturated carbocycles. The van der Waals surface area contributed by atoms with Crippen molar-refractivity contribution in [3.8, 4) is 0 Å². The number of hydrogen-bond acceptors (Lipinski definition) is 18. The van der Waals surface area contributed by atoms with Crippen LogP contribution in [-0.4, -0.2) is 127 Å². The van der Waals surface area contributed by atoms with E-state index >= 15 is 0 Å². The Morgan fingerprint density at radius 3 is 1.96 bits per heavy atom. The Labute approximate surface area is 547 Å². The molecule has 0 aliphatic carbocycles. The van der Waals surface area contributed by atoms with E-state index in [-0.39, 0.29) is 101 Å². The predicted octanol–water partition coefficient (Wildman–Crippen LogP) is 3.76. The fraction of sp³-hybridized carbons (Fsp3) is 0.619. The number of ether oxygens (including phenoxy) is 1. The molecule has 8 rings (SSSR count). The topological polar surface area (TPSA) is 465 Å². The van der Waals surface area contributed by atoms with E-state index in [4.69, 9.17) is 68.5 Å². The van der Waals surface area contributed by atoms with E-state index in [0.717, 1.165) is 11.1 Å². The Morgan fingerprint density at radius 1 is 0.793 bits per heavy atom. The molecule has 2 fully saturated rings. The molecule has 15 unspecified atom stereocenters. The second-order valence-electron chi connectivity index (χ2n) is 27.0. The molecule has 1 aromatic carbocycles. The van der Waals surface area contributed by atoms with Gasteiger partial charge in [-0.25, -0.2) is 4.98 Å². The molecule has 27 nitrogen and oxygen atoms in total. The first-order valence-electron chi connectivity index (χ1n) is 30.5. The summed E-state index contributed by atoms with van der Waals surface area (Å²) in [6.45, 7) is 19.0. The van der Waals surface area contributed by atoms with Crippen LogP contribution < -0.4 is 44.6 Å². The number of phosphoric ester groups is 1. The second-order valence-corrected chi connectivity index (χ2v) is 28.3. The van der Waals surface area contributed by atoms with Crippen molar-refractivity contribution in [2.45, 2.75) is 189 Å². The largest absolute Gasteiger partial charge is 2.00 e. The molecule has 0 spiro atoms. The molecule has 8 bridgehead atoms. The van der Waals surface area contributed by atoms with Gasteiger partial charge in [-0.3, -0.25) is 53.1 Å². The first-order chi connectivity index (χ1) is 41.8. The summed E-state index contributed by atoms with van der Waals surface area (Å²) >= 11 is 0. The number of aliphatic imine (C=N–C) groups is 3. The summed E-state index contributed by atoms with van der Waals surface area (Å²) in [6.07, 6.45) is -4.79. The van der Waals surface area contributed by atoms with Gasteiger partial charge in [-0.15, -0.1) is 0 Å². The van der Waals surface area contributed by atoms with Gasteiger partial charge in [0.1, 0.15) is 18.3 Å². The van der Waals surface area contributed by atoms with Crippen molar-refractivity contribution in [2.75, 3.05) is 13.2 Å². The van der Waals surface area contributed by atoms with Crippen LogP contribution in [0.3, 0.4) is 0 Å². The van der Waals surface area contributed by atoms with Gasteiger partial charge in [-0.1, -0.05) is 40.7 Å². The molecule has 7 amide bonds. The average molecular weight is 1340 g/mol. The molecule has 7 heterocycles. The number of carbonyl (C=O) groups excluding carboxylic acids is 7. The molecule has 6 aliphatic heterocycles. The van der Waals surface area contributed by atoms with E-state index in [0.29, 0.717) is 56.4 Å².